The van der Waals surface area contributed by atoms with Crippen LogP contribution in [0.4, 0.5) is 23.0 Å². The normalized spacial score (nSPS) is 10.8. The summed E-state index contributed by atoms with van der Waals surface area (Å²) in [5.74, 6) is 1.06. The van der Waals surface area contributed by atoms with Crippen molar-refractivity contribution in [1.29, 1.82) is 5.41 Å². The average Bonchev–Trinajstić information content (AvgIpc) is 3.50. The number of para-hydroxylation sites is 1. The summed E-state index contributed by atoms with van der Waals surface area (Å²) >= 11 is 0. The zero-order valence-corrected chi connectivity index (χ0v) is 17.2. The van der Waals surface area contributed by atoms with Crippen LogP contribution in [0.2, 0.25) is 0 Å². The van der Waals surface area contributed by atoms with Gasteiger partial charge in [0, 0.05) is 34.6 Å². The monoisotopic (exact) mass is 438 g/mol. The van der Waals surface area contributed by atoms with Gasteiger partial charge in [-0.3, -0.25) is 4.79 Å². The molecule has 0 bridgehead atoms. The van der Waals surface area contributed by atoms with Crippen molar-refractivity contribution in [3.05, 3.63) is 84.3 Å². The minimum atomic E-state index is -0.425. The van der Waals surface area contributed by atoms with Gasteiger partial charge in [-0.15, -0.1) is 5.10 Å². The Balaban J connectivity index is 1.51. The number of carbonyl (C=O) groups is 1. The molecule has 0 aliphatic heterocycles. The molecule has 1 amide bonds. The van der Waals surface area contributed by atoms with E-state index in [9.17, 15) is 4.79 Å². The van der Waals surface area contributed by atoms with Crippen molar-refractivity contribution in [3.8, 4) is 5.82 Å². The highest BCUT2D eigenvalue weighted by Crippen LogP contribution is 2.29. The van der Waals surface area contributed by atoms with Crippen LogP contribution in [0.3, 0.4) is 0 Å². The molecule has 0 unspecified atom stereocenters. The molecule has 0 spiro atoms. The number of hydrogen-bond acceptors (Lipinski definition) is 8. The first-order valence-electron chi connectivity index (χ1n) is 9.96. The average molecular weight is 438 g/mol. The number of anilines is 4. The van der Waals surface area contributed by atoms with Crippen molar-refractivity contribution < 1.29 is 9.32 Å². The number of nitrogens with zero attached hydrogens (tertiary/aromatic N) is 4. The van der Waals surface area contributed by atoms with Gasteiger partial charge in [0.2, 0.25) is 0 Å². The maximum Gasteiger partial charge on any atom is 0.278 e. The number of fused-ring (bicyclic) bond motifs is 1. The summed E-state index contributed by atoms with van der Waals surface area (Å²) in [7, 11) is 0. The van der Waals surface area contributed by atoms with Crippen molar-refractivity contribution in [2.24, 2.45) is 0 Å². The predicted molar refractivity (Wildman–Crippen MR) is 125 cm³/mol. The van der Waals surface area contributed by atoms with E-state index in [1.165, 1.54) is 18.5 Å². The van der Waals surface area contributed by atoms with Crippen molar-refractivity contribution in [2.45, 2.75) is 0 Å². The highest BCUT2D eigenvalue weighted by molar-refractivity contribution is 6.02. The molecular weight excluding hydrogens is 420 g/mol. The molecule has 33 heavy (non-hydrogen) atoms. The number of nitrogens with two attached hydrogens (primary N) is 1. The standard InChI is InChI=1S/C23H18N8O2/c24-13-14-12-15(8-9-17(14)25)26-22-16-4-1-2-5-19(16)31(29-22)21-7-3-6-20(27-21)28-23(32)18-10-11-33-30-18/h1-13,24H,25H2,(H,26,29)(H,27,28,32). The summed E-state index contributed by atoms with van der Waals surface area (Å²) in [6, 6.07) is 19.8. The third-order valence-electron chi connectivity index (χ3n) is 4.96. The minimum Gasteiger partial charge on any atom is -0.398 e. The molecule has 3 heterocycles. The van der Waals surface area contributed by atoms with Gasteiger partial charge in [-0.25, -0.2) is 9.67 Å². The second kappa shape index (κ2) is 8.27. The molecule has 5 N–H and O–H groups in total. The smallest absolute Gasteiger partial charge is 0.278 e. The lowest BCUT2D eigenvalue weighted by Crippen LogP contribution is -2.14. The van der Waals surface area contributed by atoms with E-state index in [-0.39, 0.29) is 5.69 Å². The first-order valence-corrected chi connectivity index (χ1v) is 9.96. The van der Waals surface area contributed by atoms with Gasteiger partial charge in [0.15, 0.2) is 17.3 Å². The Morgan fingerprint density at radius 2 is 1.97 bits per heavy atom. The third-order valence-corrected chi connectivity index (χ3v) is 4.96. The van der Waals surface area contributed by atoms with Crippen LogP contribution >= 0.6 is 0 Å². The van der Waals surface area contributed by atoms with Gasteiger partial charge >= 0.3 is 0 Å². The lowest BCUT2D eigenvalue weighted by atomic mass is 10.1. The second-order valence-electron chi connectivity index (χ2n) is 7.11. The van der Waals surface area contributed by atoms with Crippen molar-refractivity contribution in [1.82, 2.24) is 19.9 Å². The number of benzene rings is 2. The van der Waals surface area contributed by atoms with Crippen molar-refractivity contribution in [3.63, 3.8) is 0 Å². The van der Waals surface area contributed by atoms with Gasteiger partial charge in [0.25, 0.3) is 5.91 Å². The van der Waals surface area contributed by atoms with E-state index in [2.05, 4.69) is 20.8 Å². The molecule has 3 aromatic heterocycles. The summed E-state index contributed by atoms with van der Waals surface area (Å²) in [6.45, 7) is 0. The molecule has 0 atom stereocenters. The fourth-order valence-electron chi connectivity index (χ4n) is 3.37. The van der Waals surface area contributed by atoms with Crippen LogP contribution < -0.4 is 16.4 Å². The van der Waals surface area contributed by atoms with E-state index in [0.29, 0.717) is 28.7 Å². The molecule has 10 nitrogen and oxygen atoms in total. The first kappa shape index (κ1) is 19.9. The quantitative estimate of drug-likeness (QED) is 0.231. The molecule has 0 aliphatic carbocycles. The van der Waals surface area contributed by atoms with E-state index in [1.807, 2.05) is 30.3 Å². The number of nitrogen functional groups attached to an aromatic ring is 1. The largest absolute Gasteiger partial charge is 0.398 e. The van der Waals surface area contributed by atoms with Gasteiger partial charge in [0.1, 0.15) is 12.1 Å². The van der Waals surface area contributed by atoms with Crippen LogP contribution in [0.15, 0.2) is 77.5 Å². The fourth-order valence-corrected chi connectivity index (χ4v) is 3.37. The number of rotatable bonds is 6. The molecule has 5 aromatic rings. The Morgan fingerprint density at radius 3 is 2.79 bits per heavy atom. The molecule has 5 rings (SSSR count). The minimum absolute atomic E-state index is 0.158. The van der Waals surface area contributed by atoms with Crippen LogP contribution in [-0.4, -0.2) is 32.0 Å². The molecule has 0 saturated heterocycles. The van der Waals surface area contributed by atoms with E-state index >= 15 is 0 Å². The number of carbonyl (C=O) groups excluding carboxylic acids is 1. The van der Waals surface area contributed by atoms with Gasteiger partial charge in [0.05, 0.1) is 5.52 Å². The van der Waals surface area contributed by atoms with Gasteiger partial charge in [-0.2, -0.15) is 0 Å². The Hall–Kier alpha value is -4.99. The maximum absolute atomic E-state index is 12.3. The van der Waals surface area contributed by atoms with E-state index < -0.39 is 5.91 Å². The highest BCUT2D eigenvalue weighted by atomic mass is 16.5. The topological polar surface area (TPSA) is 148 Å². The van der Waals surface area contributed by atoms with Gasteiger partial charge in [-0.1, -0.05) is 23.4 Å². The molecular formula is C23H18N8O2. The Kier molecular flexibility index (Phi) is 5.00. The predicted octanol–water partition coefficient (Wildman–Crippen LogP) is 3.98. The Labute approximate surface area is 187 Å². The van der Waals surface area contributed by atoms with E-state index in [0.717, 1.165) is 16.6 Å². The van der Waals surface area contributed by atoms with Crippen LogP contribution in [0.5, 0.6) is 0 Å². The Morgan fingerprint density at radius 1 is 1.09 bits per heavy atom. The van der Waals surface area contributed by atoms with Crippen LogP contribution in [0.1, 0.15) is 16.1 Å². The van der Waals surface area contributed by atoms with E-state index in [1.54, 1.807) is 35.0 Å². The lowest BCUT2D eigenvalue weighted by molar-refractivity contribution is 0.101. The van der Waals surface area contributed by atoms with E-state index in [4.69, 9.17) is 20.8 Å². The number of pyridine rings is 1. The summed E-state index contributed by atoms with van der Waals surface area (Å²) in [5, 5.41) is 22.8. The maximum atomic E-state index is 12.3. The molecule has 2 aromatic carbocycles. The first-order chi connectivity index (χ1) is 16.1. The zero-order chi connectivity index (χ0) is 22.8. The fraction of sp³-hybridized carbons (Fsp3) is 0. The SMILES string of the molecule is N=Cc1cc(Nc2nn(-c3cccc(NC(=O)c4ccon4)n3)c3ccccc23)ccc1N. The second-order valence-corrected chi connectivity index (χ2v) is 7.11. The molecule has 0 aliphatic rings. The van der Waals surface area contributed by atoms with Gasteiger partial charge in [-0.05, 0) is 42.5 Å². The summed E-state index contributed by atoms with van der Waals surface area (Å²) in [4.78, 5) is 16.8. The number of aromatic nitrogens is 4. The van der Waals surface area contributed by atoms with Crippen LogP contribution in [-0.2, 0) is 0 Å². The summed E-state index contributed by atoms with van der Waals surface area (Å²) in [5.41, 5.74) is 8.77. The molecule has 0 radical (unpaired) electrons. The summed E-state index contributed by atoms with van der Waals surface area (Å²) in [6.07, 6.45) is 2.54. The number of nitrogens with one attached hydrogen (secondary N) is 3. The molecule has 0 fully saturated rings. The molecule has 162 valence electrons. The van der Waals surface area contributed by atoms with Crippen LogP contribution in [0.25, 0.3) is 16.7 Å². The molecule has 0 saturated carbocycles. The lowest BCUT2D eigenvalue weighted by Gasteiger charge is -2.07. The number of hydrogen-bond donors (Lipinski definition) is 4. The van der Waals surface area contributed by atoms with Crippen LogP contribution in [0, 0.1) is 5.41 Å². The molecule has 10 heteroatoms. The Bertz CT molecular complexity index is 1470. The summed E-state index contributed by atoms with van der Waals surface area (Å²) < 4.78 is 6.41. The van der Waals surface area contributed by atoms with Gasteiger partial charge < -0.3 is 26.3 Å². The van der Waals surface area contributed by atoms with Crippen molar-refractivity contribution >= 4 is 46.0 Å². The number of amides is 1. The third kappa shape index (κ3) is 3.88. The highest BCUT2D eigenvalue weighted by Gasteiger charge is 2.15. The zero-order valence-electron chi connectivity index (χ0n) is 17.2. The van der Waals surface area contributed by atoms with Crippen molar-refractivity contribution in [2.75, 3.05) is 16.4 Å².